The molecule has 112 valence electrons. The maximum absolute atomic E-state index is 12.7. The zero-order chi connectivity index (χ0) is 15.8. The summed E-state index contributed by atoms with van der Waals surface area (Å²) in [5.74, 6) is -0.190. The quantitative estimate of drug-likeness (QED) is 0.475. The number of nitrogens with zero attached hydrogens (tertiary/aromatic N) is 1. The number of hydrogen-bond acceptors (Lipinski definition) is 6. The molecule has 0 spiro atoms. The summed E-state index contributed by atoms with van der Waals surface area (Å²) in [6.45, 7) is 3.63. The molecule has 2 rings (SSSR count). The number of ether oxygens (including phenoxy) is 3. The number of fused-ring (bicyclic) bond motifs is 1. The molecule has 0 bridgehead atoms. The summed E-state index contributed by atoms with van der Waals surface area (Å²) in [6.07, 6.45) is 1.29. The Hall–Kier alpha value is -2.50. The monoisotopic (exact) mass is 291 g/mol. The summed E-state index contributed by atoms with van der Waals surface area (Å²) < 4.78 is 15.2. The molecule has 1 atom stereocenters. The Bertz CT molecular complexity index is 625. The van der Waals surface area contributed by atoms with Gasteiger partial charge < -0.3 is 19.1 Å². The summed E-state index contributed by atoms with van der Waals surface area (Å²) in [4.78, 5) is 26.4. The zero-order valence-electron chi connectivity index (χ0n) is 12.4. The molecule has 1 aliphatic rings. The summed E-state index contributed by atoms with van der Waals surface area (Å²) in [6, 6.07) is 3.21. The van der Waals surface area contributed by atoms with E-state index in [9.17, 15) is 9.59 Å². The van der Waals surface area contributed by atoms with Crippen LogP contribution in [0.5, 0.6) is 11.5 Å². The first-order valence-electron chi connectivity index (χ1n) is 6.24. The van der Waals surface area contributed by atoms with E-state index in [4.69, 9.17) is 14.2 Å². The molecule has 1 aromatic carbocycles. The maximum Gasteiger partial charge on any atom is 0.344 e. The van der Waals surface area contributed by atoms with E-state index in [1.165, 1.54) is 32.3 Å². The second kappa shape index (κ2) is 5.12. The van der Waals surface area contributed by atoms with Gasteiger partial charge in [-0.3, -0.25) is 4.79 Å². The molecule has 0 amide bonds. The lowest BCUT2D eigenvalue weighted by Gasteiger charge is -2.30. The van der Waals surface area contributed by atoms with Crippen molar-refractivity contribution in [2.75, 3.05) is 33.3 Å². The smallest absolute Gasteiger partial charge is 0.344 e. The Morgan fingerprint density at radius 1 is 1.24 bits per heavy atom. The van der Waals surface area contributed by atoms with Gasteiger partial charge in [-0.2, -0.15) is 0 Å². The van der Waals surface area contributed by atoms with Crippen LogP contribution in [0, 0.1) is 0 Å². The average Bonchev–Trinajstić information content (AvgIpc) is 2.73. The topological polar surface area (TPSA) is 65.1 Å². The number of rotatable bonds is 4. The Morgan fingerprint density at radius 2 is 1.81 bits per heavy atom. The van der Waals surface area contributed by atoms with Crippen molar-refractivity contribution in [3.63, 3.8) is 0 Å². The SMILES string of the molecule is C=CC1(C(=O)OC)C(=O)c2cc(OC)c(OC)cc2N1C. The first kappa shape index (κ1) is 14.9. The molecule has 0 aromatic heterocycles. The fraction of sp³-hybridized carbons (Fsp3) is 0.333. The molecule has 1 unspecified atom stereocenters. The van der Waals surface area contributed by atoms with Crippen molar-refractivity contribution in [1.29, 1.82) is 0 Å². The Kier molecular flexibility index (Phi) is 3.63. The Labute approximate surface area is 122 Å². The van der Waals surface area contributed by atoms with Crippen LogP contribution in [-0.2, 0) is 9.53 Å². The number of hydrogen-bond donors (Lipinski definition) is 0. The first-order valence-corrected chi connectivity index (χ1v) is 6.24. The van der Waals surface area contributed by atoms with Gasteiger partial charge >= 0.3 is 5.97 Å². The number of carbonyl (C=O) groups is 2. The highest BCUT2D eigenvalue weighted by Crippen LogP contribution is 2.44. The van der Waals surface area contributed by atoms with E-state index in [1.807, 2.05) is 0 Å². The van der Waals surface area contributed by atoms with Crippen LogP contribution >= 0.6 is 0 Å². The minimum absolute atomic E-state index is 0.362. The van der Waals surface area contributed by atoms with E-state index < -0.39 is 17.3 Å². The van der Waals surface area contributed by atoms with E-state index in [-0.39, 0.29) is 0 Å². The minimum atomic E-state index is -1.56. The molecular weight excluding hydrogens is 274 g/mol. The largest absolute Gasteiger partial charge is 0.493 e. The van der Waals surface area contributed by atoms with E-state index in [2.05, 4.69) is 6.58 Å². The predicted octanol–water partition coefficient (Wildman–Crippen LogP) is 1.43. The highest BCUT2D eigenvalue weighted by atomic mass is 16.5. The van der Waals surface area contributed by atoms with Crippen LogP contribution in [0.25, 0.3) is 0 Å². The van der Waals surface area contributed by atoms with Crippen molar-refractivity contribution in [3.8, 4) is 11.5 Å². The molecule has 21 heavy (non-hydrogen) atoms. The summed E-state index contributed by atoms with van der Waals surface area (Å²) in [7, 11) is 5.85. The van der Waals surface area contributed by atoms with E-state index in [0.717, 1.165) is 0 Å². The van der Waals surface area contributed by atoms with Gasteiger partial charge in [0.25, 0.3) is 0 Å². The summed E-state index contributed by atoms with van der Waals surface area (Å²) in [5, 5.41) is 0. The van der Waals surface area contributed by atoms with Crippen LogP contribution in [0.4, 0.5) is 5.69 Å². The molecule has 1 aliphatic heterocycles. The molecular formula is C15H17NO5. The molecule has 6 nitrogen and oxygen atoms in total. The molecule has 0 N–H and O–H groups in total. The first-order chi connectivity index (χ1) is 9.97. The number of benzene rings is 1. The van der Waals surface area contributed by atoms with Gasteiger partial charge in [0.2, 0.25) is 11.3 Å². The molecule has 0 aliphatic carbocycles. The molecule has 0 fully saturated rings. The van der Waals surface area contributed by atoms with E-state index >= 15 is 0 Å². The molecule has 0 saturated heterocycles. The zero-order valence-corrected chi connectivity index (χ0v) is 12.4. The minimum Gasteiger partial charge on any atom is -0.493 e. The molecule has 0 radical (unpaired) electrons. The number of likely N-dealkylation sites (N-methyl/N-ethyl adjacent to an activating group) is 1. The Morgan fingerprint density at radius 3 is 2.29 bits per heavy atom. The fourth-order valence-electron chi connectivity index (χ4n) is 2.57. The van der Waals surface area contributed by atoms with Gasteiger partial charge in [-0.25, -0.2) is 4.79 Å². The van der Waals surface area contributed by atoms with Crippen LogP contribution < -0.4 is 14.4 Å². The molecule has 6 heteroatoms. The molecule has 1 heterocycles. The third kappa shape index (κ3) is 1.79. The van der Waals surface area contributed by atoms with E-state index in [1.54, 1.807) is 19.2 Å². The van der Waals surface area contributed by atoms with Crippen LogP contribution in [-0.4, -0.2) is 45.7 Å². The molecule has 1 aromatic rings. The van der Waals surface area contributed by atoms with Crippen molar-refractivity contribution in [3.05, 3.63) is 30.4 Å². The lowest BCUT2D eigenvalue weighted by molar-refractivity contribution is -0.143. The van der Waals surface area contributed by atoms with Gasteiger partial charge in [-0.15, -0.1) is 0 Å². The van der Waals surface area contributed by atoms with Gasteiger partial charge in [-0.05, 0) is 12.1 Å². The van der Waals surface area contributed by atoms with E-state index in [0.29, 0.717) is 22.7 Å². The van der Waals surface area contributed by atoms with Crippen LogP contribution in [0.1, 0.15) is 10.4 Å². The maximum atomic E-state index is 12.7. The number of esters is 1. The standard InChI is InChI=1S/C15H17NO5/c1-6-15(14(18)21-5)13(17)9-7-11(19-3)12(20-4)8-10(9)16(15)2/h6-8H,1H2,2-5H3. The number of Topliss-reactive ketones (excluding diaryl/α,β-unsaturated/α-hetero) is 1. The third-order valence-corrected chi connectivity index (χ3v) is 3.78. The lowest BCUT2D eigenvalue weighted by atomic mass is 9.93. The van der Waals surface area contributed by atoms with Crippen molar-refractivity contribution in [2.45, 2.75) is 5.54 Å². The summed E-state index contributed by atoms with van der Waals surface area (Å²) >= 11 is 0. The normalized spacial score (nSPS) is 20.0. The van der Waals surface area contributed by atoms with Crippen LogP contribution in [0.2, 0.25) is 0 Å². The van der Waals surface area contributed by atoms with Crippen molar-refractivity contribution < 1.29 is 23.8 Å². The number of ketones is 1. The lowest BCUT2D eigenvalue weighted by Crippen LogP contribution is -2.54. The average molecular weight is 291 g/mol. The second-order valence-electron chi connectivity index (χ2n) is 4.57. The number of carbonyl (C=O) groups excluding carboxylic acids is 2. The van der Waals surface area contributed by atoms with Crippen molar-refractivity contribution in [1.82, 2.24) is 0 Å². The Balaban J connectivity index is 2.69. The highest BCUT2D eigenvalue weighted by Gasteiger charge is 2.55. The van der Waals surface area contributed by atoms with Gasteiger partial charge in [0.15, 0.2) is 11.5 Å². The van der Waals surface area contributed by atoms with Gasteiger partial charge in [-0.1, -0.05) is 6.58 Å². The van der Waals surface area contributed by atoms with Crippen molar-refractivity contribution in [2.24, 2.45) is 0 Å². The van der Waals surface area contributed by atoms with Gasteiger partial charge in [0, 0.05) is 18.7 Å². The summed E-state index contributed by atoms with van der Waals surface area (Å²) in [5.41, 5.74) is -0.641. The van der Waals surface area contributed by atoms with Crippen LogP contribution in [0.3, 0.4) is 0 Å². The third-order valence-electron chi connectivity index (χ3n) is 3.78. The van der Waals surface area contributed by atoms with Crippen LogP contribution in [0.15, 0.2) is 24.8 Å². The highest BCUT2D eigenvalue weighted by molar-refractivity contribution is 6.26. The van der Waals surface area contributed by atoms with Gasteiger partial charge in [0.05, 0.1) is 27.0 Å². The second-order valence-corrected chi connectivity index (χ2v) is 4.57. The van der Waals surface area contributed by atoms with Crippen molar-refractivity contribution >= 4 is 17.4 Å². The predicted molar refractivity (Wildman–Crippen MR) is 77.2 cm³/mol. The molecule has 0 saturated carbocycles. The number of methoxy groups -OCH3 is 3. The fourth-order valence-corrected chi connectivity index (χ4v) is 2.57. The van der Waals surface area contributed by atoms with Gasteiger partial charge in [0.1, 0.15) is 0 Å². The number of anilines is 1.